The van der Waals surface area contributed by atoms with Crippen LogP contribution in [0.15, 0.2) is 35.1 Å². The molecule has 200 valence electrons. The number of H-pyrrole nitrogens is 1. The lowest BCUT2D eigenvalue weighted by Gasteiger charge is -2.17. The van der Waals surface area contributed by atoms with Crippen molar-refractivity contribution in [3.05, 3.63) is 63.0 Å². The molecule has 4 rings (SSSR count). The summed E-state index contributed by atoms with van der Waals surface area (Å²) < 4.78 is 42.4. The monoisotopic (exact) mass is 546 g/mol. The summed E-state index contributed by atoms with van der Waals surface area (Å²) >= 11 is 6.57. The van der Waals surface area contributed by atoms with Crippen LogP contribution in [0.5, 0.6) is 23.1 Å². The number of rotatable bonds is 10. The molecule has 0 atom stereocenters. The normalized spacial score (nSPS) is 10.9. The van der Waals surface area contributed by atoms with E-state index >= 15 is 0 Å². The highest BCUT2D eigenvalue weighted by Crippen LogP contribution is 2.37. The Labute approximate surface area is 221 Å². The lowest BCUT2D eigenvalue weighted by molar-refractivity contribution is -0.142. The second-order valence-corrected chi connectivity index (χ2v) is 8.20. The van der Waals surface area contributed by atoms with Gasteiger partial charge in [-0.3, -0.25) is 4.98 Å². The number of halogens is 2. The first kappa shape index (κ1) is 26.7. The van der Waals surface area contributed by atoms with Crippen LogP contribution in [0.25, 0.3) is 16.9 Å². The van der Waals surface area contributed by atoms with Crippen molar-refractivity contribution in [3.63, 3.8) is 0 Å². The Bertz CT molecular complexity index is 1550. The maximum atomic E-state index is 14.5. The first-order valence-electron chi connectivity index (χ1n) is 11.3. The molecule has 13 heteroatoms. The zero-order valence-corrected chi connectivity index (χ0v) is 21.7. The largest absolute Gasteiger partial charge is 0.496 e. The predicted molar refractivity (Wildman–Crippen MR) is 135 cm³/mol. The summed E-state index contributed by atoms with van der Waals surface area (Å²) in [5.41, 5.74) is 0.278. The third-order valence-corrected chi connectivity index (χ3v) is 5.86. The van der Waals surface area contributed by atoms with Gasteiger partial charge in [-0.25, -0.2) is 23.5 Å². The third kappa shape index (κ3) is 5.21. The number of aromatic amines is 1. The molecule has 0 aliphatic carbocycles. The third-order valence-electron chi connectivity index (χ3n) is 5.55. The van der Waals surface area contributed by atoms with E-state index in [1.807, 2.05) is 6.92 Å². The topological polar surface area (TPSA) is 127 Å². The first-order valence-corrected chi connectivity index (χ1v) is 11.7. The van der Waals surface area contributed by atoms with E-state index in [0.717, 1.165) is 0 Å². The van der Waals surface area contributed by atoms with E-state index in [0.29, 0.717) is 12.2 Å². The highest BCUT2D eigenvalue weighted by molar-refractivity contribution is 6.32. The Balaban J connectivity index is 1.85. The minimum Gasteiger partial charge on any atom is -0.496 e. The Morgan fingerprint density at radius 3 is 2.53 bits per heavy atom. The Kier molecular flexibility index (Phi) is 8.01. The lowest BCUT2D eigenvalue weighted by atomic mass is 10.2. The summed E-state index contributed by atoms with van der Waals surface area (Å²) in [5.74, 6) is -0.139. The molecular weight excluding hydrogens is 523 g/mol. The van der Waals surface area contributed by atoms with Crippen LogP contribution in [0.2, 0.25) is 5.02 Å². The number of hydrogen-bond donors (Lipinski definition) is 1. The van der Waals surface area contributed by atoms with E-state index in [4.69, 9.17) is 30.5 Å². The van der Waals surface area contributed by atoms with Crippen LogP contribution in [0.1, 0.15) is 18.3 Å². The van der Waals surface area contributed by atoms with Gasteiger partial charge in [0.2, 0.25) is 5.88 Å². The van der Waals surface area contributed by atoms with E-state index in [9.17, 15) is 14.0 Å². The van der Waals surface area contributed by atoms with Gasteiger partial charge in [-0.15, -0.1) is 0 Å². The summed E-state index contributed by atoms with van der Waals surface area (Å²) in [5, 5.41) is 0.0827. The van der Waals surface area contributed by atoms with Crippen molar-refractivity contribution >= 4 is 28.7 Å². The van der Waals surface area contributed by atoms with E-state index in [1.54, 1.807) is 6.07 Å². The quantitative estimate of drug-likeness (QED) is 0.297. The number of fused-ring (bicyclic) bond motifs is 1. The van der Waals surface area contributed by atoms with Crippen molar-refractivity contribution in [3.8, 4) is 28.8 Å². The van der Waals surface area contributed by atoms with E-state index in [1.165, 1.54) is 50.2 Å². The number of ether oxygens (including phenoxy) is 5. The van der Waals surface area contributed by atoms with Crippen molar-refractivity contribution in [2.75, 3.05) is 27.9 Å². The summed E-state index contributed by atoms with van der Waals surface area (Å²) in [6.45, 7) is 1.16. The number of carbonyl (C=O) groups is 1. The number of nitrogens with zero attached hydrogens (tertiary/aromatic N) is 3. The second kappa shape index (κ2) is 11.4. The number of hydrogen-bond acceptors (Lipinski definition) is 9. The van der Waals surface area contributed by atoms with Gasteiger partial charge < -0.3 is 23.7 Å². The molecule has 4 aromatic rings. The van der Waals surface area contributed by atoms with Crippen LogP contribution in [0, 0.1) is 5.82 Å². The number of aryl methyl sites for hydroxylation is 1. The van der Waals surface area contributed by atoms with Crippen LogP contribution >= 0.6 is 11.6 Å². The van der Waals surface area contributed by atoms with E-state index in [-0.39, 0.29) is 57.2 Å². The molecule has 0 spiro atoms. The van der Waals surface area contributed by atoms with Gasteiger partial charge in [-0.05, 0) is 12.1 Å². The van der Waals surface area contributed by atoms with Crippen LogP contribution < -0.4 is 24.6 Å². The van der Waals surface area contributed by atoms with Gasteiger partial charge in [0.15, 0.2) is 23.8 Å². The van der Waals surface area contributed by atoms with E-state index in [2.05, 4.69) is 19.7 Å². The number of methoxy groups -OCH3 is 3. The molecule has 0 aliphatic rings. The number of nitrogens with one attached hydrogen (secondary N) is 1. The van der Waals surface area contributed by atoms with Crippen LogP contribution in [-0.4, -0.2) is 53.4 Å². The molecule has 0 amide bonds. The second-order valence-electron chi connectivity index (χ2n) is 7.79. The Morgan fingerprint density at radius 2 is 1.84 bits per heavy atom. The standard InChI is InChI=1S/C25H24ClFN4O7/c1-5-20-28-23-22(24(29-20)36-4)30-25(33)31(23)16-10-19(18(9-14(16)26)38-12-21(32)35-3)37-11-13-15(27)7-6-8-17(13)34-2/h6-10H,5,11-12H2,1-4H3,(H,30,33). The predicted octanol–water partition coefficient (Wildman–Crippen LogP) is 3.61. The molecule has 2 aromatic heterocycles. The zero-order chi connectivity index (χ0) is 27.4. The van der Waals surface area contributed by atoms with Gasteiger partial charge in [0.05, 0.1) is 37.6 Å². The average Bonchev–Trinajstić information content (AvgIpc) is 3.26. The SMILES string of the molecule is CCc1nc(OC)c2[nH]c(=O)n(-c3cc(OCc4c(F)cccc4OC)c(OCC(=O)OC)cc3Cl)c2n1. The van der Waals surface area contributed by atoms with Crippen molar-refractivity contribution in [1.82, 2.24) is 19.5 Å². The maximum absolute atomic E-state index is 14.5. The van der Waals surface area contributed by atoms with Gasteiger partial charge in [0.1, 0.15) is 29.5 Å². The fourth-order valence-corrected chi connectivity index (χ4v) is 3.91. The summed E-state index contributed by atoms with van der Waals surface area (Å²) in [4.78, 5) is 36.2. The lowest BCUT2D eigenvalue weighted by Crippen LogP contribution is -2.17. The van der Waals surface area contributed by atoms with Gasteiger partial charge in [0.25, 0.3) is 0 Å². The van der Waals surface area contributed by atoms with Crippen molar-refractivity contribution in [2.45, 2.75) is 20.0 Å². The minimum absolute atomic E-state index is 0.0637. The zero-order valence-electron chi connectivity index (χ0n) is 21.0. The van der Waals surface area contributed by atoms with Crippen molar-refractivity contribution in [2.24, 2.45) is 0 Å². The molecule has 2 aromatic carbocycles. The van der Waals surface area contributed by atoms with Gasteiger partial charge in [0, 0.05) is 18.6 Å². The molecule has 38 heavy (non-hydrogen) atoms. The van der Waals surface area contributed by atoms with Crippen LogP contribution in [0.3, 0.4) is 0 Å². The van der Waals surface area contributed by atoms with Gasteiger partial charge in [-0.2, -0.15) is 4.98 Å². The molecule has 11 nitrogen and oxygen atoms in total. The van der Waals surface area contributed by atoms with Crippen LogP contribution in [-0.2, 0) is 22.6 Å². The van der Waals surface area contributed by atoms with Gasteiger partial charge >= 0.3 is 11.7 Å². The summed E-state index contributed by atoms with van der Waals surface area (Å²) in [6, 6.07) is 7.17. The highest BCUT2D eigenvalue weighted by Gasteiger charge is 2.22. The van der Waals surface area contributed by atoms with Gasteiger partial charge in [-0.1, -0.05) is 24.6 Å². The number of carbonyl (C=O) groups excluding carboxylic acids is 1. The fourth-order valence-electron chi connectivity index (χ4n) is 3.67. The average molecular weight is 547 g/mol. The molecule has 0 saturated heterocycles. The van der Waals surface area contributed by atoms with E-state index < -0.39 is 24.1 Å². The van der Waals surface area contributed by atoms with Crippen molar-refractivity contribution in [1.29, 1.82) is 0 Å². The Hall–Kier alpha value is -4.32. The number of imidazole rings is 1. The summed E-state index contributed by atoms with van der Waals surface area (Å²) in [7, 11) is 4.06. The Morgan fingerprint density at radius 1 is 1.08 bits per heavy atom. The number of aromatic nitrogens is 4. The molecule has 0 aliphatic heterocycles. The van der Waals surface area contributed by atoms with Crippen molar-refractivity contribution < 1.29 is 32.9 Å². The minimum atomic E-state index is -0.643. The highest BCUT2D eigenvalue weighted by atomic mass is 35.5. The molecule has 2 heterocycles. The smallest absolute Gasteiger partial charge is 0.343 e. The van der Waals surface area contributed by atoms with Crippen LogP contribution in [0.4, 0.5) is 4.39 Å². The molecule has 0 unspecified atom stereocenters. The molecule has 0 bridgehead atoms. The number of esters is 1. The molecular formula is C25H24ClFN4O7. The maximum Gasteiger partial charge on any atom is 0.343 e. The number of benzene rings is 2. The molecule has 0 fully saturated rings. The fraction of sp³-hybridized carbons (Fsp3) is 0.280. The first-order chi connectivity index (χ1) is 18.3. The molecule has 0 radical (unpaired) electrons. The molecule has 1 N–H and O–H groups in total. The summed E-state index contributed by atoms with van der Waals surface area (Å²) in [6.07, 6.45) is 0.485. The molecule has 0 saturated carbocycles.